The van der Waals surface area contributed by atoms with Gasteiger partial charge in [-0.1, -0.05) is 0 Å². The second-order valence-corrected chi connectivity index (χ2v) is 6.49. The van der Waals surface area contributed by atoms with Gasteiger partial charge in [0.25, 0.3) is 0 Å². The molecule has 2 aliphatic rings. The van der Waals surface area contributed by atoms with Gasteiger partial charge in [0.1, 0.15) is 30.5 Å². The van der Waals surface area contributed by atoms with E-state index in [1.807, 2.05) is 0 Å². The van der Waals surface area contributed by atoms with Gasteiger partial charge in [-0.25, -0.2) is 4.79 Å². The molecule has 1 heterocycles. The van der Waals surface area contributed by atoms with Crippen LogP contribution in [0.5, 0.6) is 0 Å². The maximum absolute atomic E-state index is 10.8. The Balaban J connectivity index is 2.07. The van der Waals surface area contributed by atoms with Crippen molar-refractivity contribution in [3.8, 4) is 0 Å². The van der Waals surface area contributed by atoms with Crippen molar-refractivity contribution in [3.05, 3.63) is 0 Å². The molecule has 0 spiro atoms. The average Bonchev–Trinajstić information content (AvgIpc) is 2.55. The van der Waals surface area contributed by atoms with Gasteiger partial charge in [-0.2, -0.15) is 0 Å². The zero-order valence-electron chi connectivity index (χ0n) is 13.5. The van der Waals surface area contributed by atoms with Crippen molar-refractivity contribution >= 4 is 6.03 Å². The van der Waals surface area contributed by atoms with Gasteiger partial charge in [0, 0.05) is 18.6 Å². The molecule has 0 unspecified atom stereocenters. The molecule has 0 aromatic carbocycles. The number of nitrogens with one attached hydrogen (secondary N) is 1. The summed E-state index contributed by atoms with van der Waals surface area (Å²) in [5, 5.41) is 42.3. The first-order valence-electron chi connectivity index (χ1n) is 7.96. The molecule has 0 aromatic heterocycles. The molecule has 10 atom stereocenters. The molecular weight excluding hydrogens is 338 g/mol. The molecule has 0 radical (unpaired) electrons. The van der Waals surface area contributed by atoms with E-state index in [-0.39, 0.29) is 13.0 Å². The fraction of sp³-hybridized carbons (Fsp3) is 0.923. The third-order valence-electron chi connectivity index (χ3n) is 4.61. The minimum atomic E-state index is -1.41. The number of urea groups is 1. The normalized spacial score (nSPS) is 48.1. The van der Waals surface area contributed by atoms with Crippen molar-refractivity contribution in [3.63, 3.8) is 0 Å². The molecular formula is C13H27N5O7. The lowest BCUT2D eigenvalue weighted by Gasteiger charge is -2.45. The van der Waals surface area contributed by atoms with E-state index in [0.717, 1.165) is 0 Å². The van der Waals surface area contributed by atoms with Crippen molar-refractivity contribution in [2.24, 2.45) is 22.9 Å². The molecule has 1 aliphatic carbocycles. The Morgan fingerprint density at radius 1 is 1.04 bits per heavy atom. The molecule has 12 nitrogen and oxygen atoms in total. The molecule has 0 bridgehead atoms. The van der Waals surface area contributed by atoms with Crippen molar-refractivity contribution < 1.29 is 34.7 Å². The Kier molecular flexibility index (Phi) is 6.53. The molecule has 25 heavy (non-hydrogen) atoms. The smallest absolute Gasteiger partial charge is 0.312 e. The first kappa shape index (κ1) is 20.2. The summed E-state index contributed by atoms with van der Waals surface area (Å²) in [6.45, 7) is -0.188. The molecule has 1 aliphatic heterocycles. The van der Waals surface area contributed by atoms with Crippen LogP contribution in [0.3, 0.4) is 0 Å². The van der Waals surface area contributed by atoms with Crippen LogP contribution < -0.4 is 28.3 Å². The number of hydrogen-bond donors (Lipinski definition) is 9. The highest BCUT2D eigenvalue weighted by Crippen LogP contribution is 2.27. The number of rotatable bonds is 4. The van der Waals surface area contributed by atoms with Gasteiger partial charge in [-0.3, -0.25) is 0 Å². The lowest BCUT2D eigenvalue weighted by atomic mass is 9.84. The zero-order chi connectivity index (χ0) is 18.9. The number of ether oxygens (including phenoxy) is 2. The molecule has 2 fully saturated rings. The summed E-state index contributed by atoms with van der Waals surface area (Å²) in [5.74, 6) is 0. The van der Waals surface area contributed by atoms with Gasteiger partial charge < -0.3 is 58.2 Å². The molecule has 13 N–H and O–H groups in total. The predicted octanol–water partition coefficient (Wildman–Crippen LogP) is -5.41. The summed E-state index contributed by atoms with van der Waals surface area (Å²) in [6.07, 6.45) is -8.55. The number of primary amides is 1. The zero-order valence-corrected chi connectivity index (χ0v) is 13.5. The van der Waals surface area contributed by atoms with E-state index in [0.29, 0.717) is 0 Å². The minimum absolute atomic E-state index is 0.188. The highest BCUT2D eigenvalue weighted by atomic mass is 16.7. The van der Waals surface area contributed by atoms with E-state index in [4.69, 9.17) is 32.4 Å². The molecule has 0 aromatic rings. The molecule has 2 rings (SSSR count). The number of nitrogens with two attached hydrogens (primary N) is 4. The number of aliphatic hydroxyl groups is 4. The van der Waals surface area contributed by atoms with Crippen LogP contribution in [0.15, 0.2) is 0 Å². The summed E-state index contributed by atoms with van der Waals surface area (Å²) in [5.41, 5.74) is 22.4. The third-order valence-corrected chi connectivity index (χ3v) is 4.61. The van der Waals surface area contributed by atoms with E-state index in [2.05, 4.69) is 5.32 Å². The molecule has 1 saturated heterocycles. The highest BCUT2D eigenvalue weighted by molar-refractivity contribution is 5.71. The summed E-state index contributed by atoms with van der Waals surface area (Å²) in [6, 6.07) is -3.38. The lowest BCUT2D eigenvalue weighted by molar-refractivity contribution is -0.288. The van der Waals surface area contributed by atoms with Gasteiger partial charge in [0.05, 0.1) is 12.1 Å². The fourth-order valence-electron chi connectivity index (χ4n) is 3.07. The molecule has 2 amide bonds. The SMILES string of the molecule is NC(=O)NC[C@H]1O[C@H](O[C@@H]2[C@@H](O)[C@H](O)[C@@H](N)C[C@H]2N)[C@H](N)[C@@H](O)[C@@H]1O. The second kappa shape index (κ2) is 8.07. The Morgan fingerprint density at radius 3 is 2.28 bits per heavy atom. The van der Waals surface area contributed by atoms with E-state index in [9.17, 15) is 25.2 Å². The van der Waals surface area contributed by atoms with E-state index < -0.39 is 67.1 Å². The molecule has 12 heteroatoms. The number of aliphatic hydroxyl groups excluding tert-OH is 4. The van der Waals surface area contributed by atoms with Crippen LogP contribution in [0.25, 0.3) is 0 Å². The largest absolute Gasteiger partial charge is 0.389 e. The van der Waals surface area contributed by atoms with Crippen molar-refractivity contribution in [1.82, 2.24) is 5.32 Å². The minimum Gasteiger partial charge on any atom is -0.389 e. The number of hydrogen-bond acceptors (Lipinski definition) is 10. The van der Waals surface area contributed by atoms with Gasteiger partial charge in [0.2, 0.25) is 0 Å². The standard InChI is InChI=1S/C13H27N5O7/c14-3-1-4(15)11(10(22)7(3)19)25-12-6(16)9(21)8(20)5(24-12)2-18-13(17)23/h3-12,19-22H,1-2,14-16H2,(H3,17,18,23)/t3-,4+,5+,6+,7+,8+,9+,10-,11-,12+/m0/s1. The Labute approximate surface area is 144 Å². The van der Waals surface area contributed by atoms with Crippen LogP contribution in [0.4, 0.5) is 4.79 Å². The molecule has 146 valence electrons. The van der Waals surface area contributed by atoms with Gasteiger partial charge in [0.15, 0.2) is 6.29 Å². The first-order chi connectivity index (χ1) is 11.6. The van der Waals surface area contributed by atoms with Gasteiger partial charge >= 0.3 is 6.03 Å². The van der Waals surface area contributed by atoms with Crippen LogP contribution in [0, 0.1) is 0 Å². The number of amides is 2. The quantitative estimate of drug-likeness (QED) is 0.229. The average molecular weight is 365 g/mol. The van der Waals surface area contributed by atoms with Crippen LogP contribution in [0.1, 0.15) is 6.42 Å². The second-order valence-electron chi connectivity index (χ2n) is 6.49. The maximum Gasteiger partial charge on any atom is 0.312 e. The van der Waals surface area contributed by atoms with Crippen LogP contribution in [-0.2, 0) is 9.47 Å². The summed E-state index contributed by atoms with van der Waals surface area (Å²) >= 11 is 0. The lowest BCUT2D eigenvalue weighted by Crippen LogP contribution is -2.67. The Hall–Kier alpha value is -1.09. The van der Waals surface area contributed by atoms with Crippen molar-refractivity contribution in [2.75, 3.05) is 6.54 Å². The van der Waals surface area contributed by atoms with Crippen molar-refractivity contribution in [1.29, 1.82) is 0 Å². The van der Waals surface area contributed by atoms with Crippen LogP contribution in [0.2, 0.25) is 0 Å². The summed E-state index contributed by atoms with van der Waals surface area (Å²) < 4.78 is 11.1. The van der Waals surface area contributed by atoms with E-state index >= 15 is 0 Å². The van der Waals surface area contributed by atoms with Crippen LogP contribution in [-0.4, -0.2) is 94.0 Å². The van der Waals surface area contributed by atoms with E-state index in [1.165, 1.54) is 0 Å². The van der Waals surface area contributed by atoms with Gasteiger partial charge in [-0.05, 0) is 6.42 Å². The predicted molar refractivity (Wildman–Crippen MR) is 83.7 cm³/mol. The Morgan fingerprint density at radius 2 is 1.68 bits per heavy atom. The number of carbonyl (C=O) groups excluding carboxylic acids is 1. The third kappa shape index (κ3) is 4.36. The molecule has 1 saturated carbocycles. The first-order valence-corrected chi connectivity index (χ1v) is 7.96. The topological polar surface area (TPSA) is 233 Å². The number of carbonyl (C=O) groups is 1. The fourth-order valence-corrected chi connectivity index (χ4v) is 3.07. The summed E-state index contributed by atoms with van der Waals surface area (Å²) in [4.78, 5) is 10.8. The van der Waals surface area contributed by atoms with Gasteiger partial charge in [-0.15, -0.1) is 0 Å². The van der Waals surface area contributed by atoms with Crippen molar-refractivity contribution in [2.45, 2.75) is 67.5 Å². The Bertz CT molecular complexity index is 472. The highest BCUT2D eigenvalue weighted by Gasteiger charge is 2.48. The maximum atomic E-state index is 10.8. The summed E-state index contributed by atoms with van der Waals surface area (Å²) in [7, 11) is 0. The monoisotopic (exact) mass is 365 g/mol. The van der Waals surface area contributed by atoms with E-state index in [1.54, 1.807) is 0 Å². The van der Waals surface area contributed by atoms with Crippen LogP contribution >= 0.6 is 0 Å².